The predicted molar refractivity (Wildman–Crippen MR) is 115 cm³/mol. The van der Waals surface area contributed by atoms with Crippen molar-refractivity contribution >= 4 is 52.0 Å². The summed E-state index contributed by atoms with van der Waals surface area (Å²) in [4.78, 5) is 22.1. The van der Waals surface area contributed by atoms with Crippen LogP contribution in [-0.4, -0.2) is 16.8 Å². The van der Waals surface area contributed by atoms with E-state index in [2.05, 4.69) is 15.5 Å². The number of nitrogens with zero attached hydrogens (tertiary/aromatic N) is 2. The molecule has 0 unspecified atom stereocenters. The van der Waals surface area contributed by atoms with Crippen LogP contribution < -0.4 is 5.32 Å². The minimum atomic E-state index is -4.50. The van der Waals surface area contributed by atoms with E-state index in [1.165, 1.54) is 11.3 Å². The van der Waals surface area contributed by atoms with Gasteiger partial charge in [-0.25, -0.2) is 4.79 Å². The summed E-state index contributed by atoms with van der Waals surface area (Å²) >= 11 is 13.1. The minimum Gasteiger partial charge on any atom is -0.297 e. The Morgan fingerprint density at radius 1 is 1.19 bits per heavy atom. The summed E-state index contributed by atoms with van der Waals surface area (Å²) in [6, 6.07) is 10.9. The van der Waals surface area contributed by atoms with E-state index in [9.17, 15) is 18.0 Å². The van der Waals surface area contributed by atoms with Crippen LogP contribution >= 0.6 is 34.5 Å². The van der Waals surface area contributed by atoms with E-state index in [-0.39, 0.29) is 11.4 Å². The zero-order valence-electron chi connectivity index (χ0n) is 15.8. The molecule has 0 aliphatic rings. The summed E-state index contributed by atoms with van der Waals surface area (Å²) in [6.45, 7) is 1.66. The highest BCUT2D eigenvalue weighted by Gasteiger charge is 2.31. The minimum absolute atomic E-state index is 0.0580. The average molecular weight is 488 g/mol. The van der Waals surface area contributed by atoms with E-state index < -0.39 is 17.8 Å². The van der Waals surface area contributed by atoms with Crippen molar-refractivity contribution in [2.24, 2.45) is 5.16 Å². The van der Waals surface area contributed by atoms with Crippen molar-refractivity contribution in [3.05, 3.63) is 79.7 Å². The first kappa shape index (κ1) is 23.1. The van der Waals surface area contributed by atoms with E-state index in [4.69, 9.17) is 28.0 Å². The molecule has 0 atom stereocenters. The van der Waals surface area contributed by atoms with Crippen molar-refractivity contribution in [2.75, 3.05) is 5.32 Å². The van der Waals surface area contributed by atoms with Gasteiger partial charge < -0.3 is 0 Å². The summed E-state index contributed by atoms with van der Waals surface area (Å²) in [5.41, 5.74) is 0.386. The first-order valence-electron chi connectivity index (χ1n) is 8.70. The van der Waals surface area contributed by atoms with Gasteiger partial charge in [0.25, 0.3) is 0 Å². The van der Waals surface area contributed by atoms with Crippen molar-refractivity contribution in [1.82, 2.24) is 4.98 Å². The van der Waals surface area contributed by atoms with Crippen molar-refractivity contribution < 1.29 is 22.8 Å². The van der Waals surface area contributed by atoms with Gasteiger partial charge in [-0.1, -0.05) is 28.4 Å². The van der Waals surface area contributed by atoms with Crippen LogP contribution in [0.2, 0.25) is 10.0 Å². The maximum atomic E-state index is 12.7. The van der Waals surface area contributed by atoms with Crippen LogP contribution in [0.15, 0.2) is 53.8 Å². The normalized spacial score (nSPS) is 12.0. The number of amides is 1. The maximum absolute atomic E-state index is 12.7. The second-order valence-corrected chi connectivity index (χ2v) is 8.29. The third-order valence-electron chi connectivity index (χ3n) is 3.96. The first-order chi connectivity index (χ1) is 14.6. The standard InChI is InChI=1S/C20H14Cl2F3N3O2S/c1-11(28-30-19(29)27-14-4-2-13(21)3-5-14)18-7-6-15(31-18)9-17-16(22)8-12(10-26-17)20(23,24)25/h2-8,10H,9H2,1H3,(H,27,29). The van der Waals surface area contributed by atoms with E-state index in [1.807, 2.05) is 0 Å². The monoisotopic (exact) mass is 487 g/mol. The lowest BCUT2D eigenvalue weighted by atomic mass is 10.2. The highest BCUT2D eigenvalue weighted by Crippen LogP contribution is 2.32. The Labute approximate surface area is 189 Å². The topological polar surface area (TPSA) is 63.6 Å². The molecule has 31 heavy (non-hydrogen) atoms. The van der Waals surface area contributed by atoms with E-state index in [0.29, 0.717) is 22.1 Å². The second kappa shape index (κ2) is 9.67. The number of pyridine rings is 1. The quantitative estimate of drug-likeness (QED) is 0.238. The molecule has 1 amide bonds. The SMILES string of the molecule is CC(=NOC(=O)Nc1ccc(Cl)cc1)c1ccc(Cc2ncc(C(F)(F)F)cc2Cl)s1. The molecule has 3 rings (SSSR count). The summed E-state index contributed by atoms with van der Waals surface area (Å²) in [5.74, 6) is 0. The van der Waals surface area contributed by atoms with Gasteiger partial charge in [-0.3, -0.25) is 15.1 Å². The molecular formula is C20H14Cl2F3N3O2S. The fourth-order valence-electron chi connectivity index (χ4n) is 2.41. The van der Waals surface area contributed by atoms with Crippen LogP contribution in [0.1, 0.15) is 27.9 Å². The van der Waals surface area contributed by atoms with Crippen LogP contribution in [0.25, 0.3) is 0 Å². The molecule has 1 N–H and O–H groups in total. The molecule has 0 spiro atoms. The fourth-order valence-corrected chi connectivity index (χ4v) is 3.72. The Kier molecular flexibility index (Phi) is 7.19. The summed E-state index contributed by atoms with van der Waals surface area (Å²) in [6.07, 6.45) is -4.25. The number of aromatic nitrogens is 1. The van der Waals surface area contributed by atoms with Crippen LogP contribution in [0.4, 0.5) is 23.7 Å². The van der Waals surface area contributed by atoms with Crippen LogP contribution in [-0.2, 0) is 17.4 Å². The number of nitrogens with one attached hydrogen (secondary N) is 1. The summed E-state index contributed by atoms with van der Waals surface area (Å²) in [5, 5.41) is 6.79. The fraction of sp³-hybridized carbons (Fsp3) is 0.150. The number of carbonyl (C=O) groups excluding carboxylic acids is 1. The highest BCUT2D eigenvalue weighted by molar-refractivity contribution is 7.14. The zero-order chi connectivity index (χ0) is 22.6. The summed E-state index contributed by atoms with van der Waals surface area (Å²) in [7, 11) is 0. The van der Waals surface area contributed by atoms with Gasteiger partial charge in [0, 0.05) is 28.2 Å². The third-order valence-corrected chi connectivity index (χ3v) is 5.73. The number of thiophene rings is 1. The molecule has 0 aliphatic carbocycles. The van der Waals surface area contributed by atoms with Gasteiger partial charge in [0.1, 0.15) is 0 Å². The van der Waals surface area contributed by atoms with Crippen molar-refractivity contribution in [3.8, 4) is 0 Å². The van der Waals surface area contributed by atoms with Gasteiger partial charge in [-0.2, -0.15) is 13.2 Å². The molecule has 2 heterocycles. The number of rotatable bonds is 5. The van der Waals surface area contributed by atoms with Gasteiger partial charge in [0.05, 0.1) is 26.9 Å². The third kappa shape index (κ3) is 6.43. The molecule has 1 aromatic carbocycles. The molecule has 0 bridgehead atoms. The molecule has 0 fully saturated rings. The molecular weight excluding hydrogens is 474 g/mol. The van der Waals surface area contributed by atoms with E-state index >= 15 is 0 Å². The second-order valence-electron chi connectivity index (χ2n) is 6.28. The van der Waals surface area contributed by atoms with E-state index in [0.717, 1.165) is 22.0 Å². The Bertz CT molecular complexity index is 1120. The summed E-state index contributed by atoms with van der Waals surface area (Å²) < 4.78 is 38.2. The average Bonchev–Trinajstić information content (AvgIpc) is 3.17. The molecule has 0 aliphatic heterocycles. The van der Waals surface area contributed by atoms with Crippen molar-refractivity contribution in [1.29, 1.82) is 0 Å². The molecule has 3 aromatic rings. The predicted octanol–water partition coefficient (Wildman–Crippen LogP) is 7.03. The molecule has 2 aromatic heterocycles. The van der Waals surface area contributed by atoms with E-state index in [1.54, 1.807) is 43.3 Å². The lowest BCUT2D eigenvalue weighted by molar-refractivity contribution is -0.137. The lowest BCUT2D eigenvalue weighted by Gasteiger charge is -2.08. The Hall–Kier alpha value is -2.62. The number of hydrogen-bond acceptors (Lipinski definition) is 5. The number of benzene rings is 1. The molecule has 5 nitrogen and oxygen atoms in total. The number of alkyl halides is 3. The van der Waals surface area contributed by atoms with Crippen LogP contribution in [0, 0.1) is 0 Å². The number of halogens is 5. The van der Waals surface area contributed by atoms with Gasteiger partial charge in [-0.15, -0.1) is 11.3 Å². The highest BCUT2D eigenvalue weighted by atomic mass is 35.5. The number of carbonyl (C=O) groups is 1. The molecule has 162 valence electrons. The number of anilines is 1. The van der Waals surface area contributed by atoms with Gasteiger partial charge in [-0.05, 0) is 49.4 Å². The Morgan fingerprint density at radius 2 is 1.90 bits per heavy atom. The largest absolute Gasteiger partial charge is 0.437 e. The Balaban J connectivity index is 1.62. The zero-order valence-corrected chi connectivity index (χ0v) is 18.2. The molecule has 11 heteroatoms. The first-order valence-corrected chi connectivity index (χ1v) is 10.3. The smallest absolute Gasteiger partial charge is 0.297 e. The van der Waals surface area contributed by atoms with Crippen LogP contribution in [0.3, 0.4) is 0 Å². The molecule has 0 saturated heterocycles. The van der Waals surface area contributed by atoms with Gasteiger partial charge >= 0.3 is 12.3 Å². The molecule has 0 saturated carbocycles. The number of oxime groups is 1. The van der Waals surface area contributed by atoms with Crippen molar-refractivity contribution in [3.63, 3.8) is 0 Å². The van der Waals surface area contributed by atoms with Gasteiger partial charge in [0.2, 0.25) is 0 Å². The van der Waals surface area contributed by atoms with Crippen molar-refractivity contribution in [2.45, 2.75) is 19.5 Å². The van der Waals surface area contributed by atoms with Crippen LogP contribution in [0.5, 0.6) is 0 Å². The number of hydrogen-bond donors (Lipinski definition) is 1. The maximum Gasteiger partial charge on any atom is 0.437 e. The Morgan fingerprint density at radius 3 is 2.55 bits per heavy atom. The lowest BCUT2D eigenvalue weighted by Crippen LogP contribution is -2.11. The van der Waals surface area contributed by atoms with Gasteiger partial charge in [0.15, 0.2) is 0 Å². The molecule has 0 radical (unpaired) electrons.